The molecule has 0 aliphatic carbocycles. The van der Waals surface area contributed by atoms with Crippen molar-refractivity contribution in [2.75, 3.05) is 37.6 Å². The van der Waals surface area contributed by atoms with Gasteiger partial charge in [0.05, 0.1) is 25.0 Å². The summed E-state index contributed by atoms with van der Waals surface area (Å²) in [5, 5.41) is 4.00. The number of hydrogen-bond acceptors (Lipinski definition) is 6. The van der Waals surface area contributed by atoms with Crippen molar-refractivity contribution in [2.24, 2.45) is 0 Å². The van der Waals surface area contributed by atoms with Crippen LogP contribution in [0.3, 0.4) is 0 Å². The Morgan fingerprint density at radius 3 is 2.47 bits per heavy atom. The van der Waals surface area contributed by atoms with Gasteiger partial charge in [0.2, 0.25) is 5.91 Å². The van der Waals surface area contributed by atoms with Gasteiger partial charge in [0, 0.05) is 44.7 Å². The van der Waals surface area contributed by atoms with Crippen LogP contribution in [-0.2, 0) is 17.9 Å². The number of ether oxygens (including phenoxy) is 1. The van der Waals surface area contributed by atoms with Crippen molar-refractivity contribution in [2.45, 2.75) is 25.9 Å². The molecule has 0 N–H and O–H groups in total. The van der Waals surface area contributed by atoms with Crippen LogP contribution in [0.4, 0.5) is 5.69 Å². The van der Waals surface area contributed by atoms with Gasteiger partial charge in [0.25, 0.3) is 0 Å². The molecule has 0 radical (unpaired) electrons. The van der Waals surface area contributed by atoms with E-state index in [4.69, 9.17) is 9.26 Å². The molecule has 2 saturated heterocycles. The Morgan fingerprint density at radius 2 is 1.69 bits per heavy atom. The number of amides is 1. The Balaban J connectivity index is 1.20. The molecular weight excluding hydrogens is 404 g/mol. The molecule has 1 aromatic heterocycles. The first-order valence-corrected chi connectivity index (χ1v) is 11.3. The van der Waals surface area contributed by atoms with Gasteiger partial charge < -0.3 is 19.1 Å². The molecule has 166 valence electrons. The van der Waals surface area contributed by atoms with Gasteiger partial charge in [-0.1, -0.05) is 35.5 Å². The number of benzene rings is 2. The third-order valence-electron chi connectivity index (χ3n) is 6.18. The maximum Gasteiger partial charge on any atom is 0.222 e. The molecule has 2 aliphatic rings. The zero-order valence-corrected chi connectivity index (χ0v) is 18.2. The Hall–Kier alpha value is -3.32. The first kappa shape index (κ1) is 20.6. The van der Waals surface area contributed by atoms with E-state index in [1.807, 2.05) is 47.4 Å². The standard InChI is InChI=1S/C25H28N4O3/c30-25-11-6-12-29(25)18-20-17-26-32-24(20)19-27-13-15-28(16-14-27)22-9-4-5-10-23(22)31-21-7-2-1-3-8-21/h1-5,7-10,17H,6,11-16,18-19H2. The number of para-hydroxylation sites is 3. The number of piperazine rings is 1. The average molecular weight is 433 g/mol. The fourth-order valence-electron chi connectivity index (χ4n) is 4.39. The fourth-order valence-corrected chi connectivity index (χ4v) is 4.39. The van der Waals surface area contributed by atoms with Crippen LogP contribution in [0.1, 0.15) is 24.2 Å². The molecule has 7 heteroatoms. The van der Waals surface area contributed by atoms with Crippen LogP contribution in [0.15, 0.2) is 65.3 Å². The smallest absolute Gasteiger partial charge is 0.222 e. The van der Waals surface area contributed by atoms with E-state index in [2.05, 4.69) is 27.1 Å². The summed E-state index contributed by atoms with van der Waals surface area (Å²) in [6.45, 7) is 5.79. The van der Waals surface area contributed by atoms with Crippen LogP contribution in [-0.4, -0.2) is 53.6 Å². The zero-order chi connectivity index (χ0) is 21.8. The predicted octanol–water partition coefficient (Wildman–Crippen LogP) is 3.91. The van der Waals surface area contributed by atoms with Crippen LogP contribution in [0.25, 0.3) is 0 Å². The molecule has 0 bridgehead atoms. The molecule has 3 heterocycles. The van der Waals surface area contributed by atoms with E-state index in [0.29, 0.717) is 19.5 Å². The Kier molecular flexibility index (Phi) is 6.07. The molecule has 1 amide bonds. The second kappa shape index (κ2) is 9.44. The summed E-state index contributed by atoms with van der Waals surface area (Å²) in [5.74, 6) is 2.81. The highest BCUT2D eigenvalue weighted by Crippen LogP contribution is 2.33. The molecule has 3 aromatic rings. The zero-order valence-electron chi connectivity index (χ0n) is 18.2. The quantitative estimate of drug-likeness (QED) is 0.564. The Morgan fingerprint density at radius 1 is 0.906 bits per heavy atom. The van der Waals surface area contributed by atoms with Gasteiger partial charge in [-0.15, -0.1) is 0 Å². The summed E-state index contributed by atoms with van der Waals surface area (Å²) in [4.78, 5) is 18.6. The van der Waals surface area contributed by atoms with Gasteiger partial charge in [-0.2, -0.15) is 0 Å². The second-order valence-electron chi connectivity index (χ2n) is 8.34. The summed E-state index contributed by atoms with van der Waals surface area (Å²) in [5.41, 5.74) is 2.13. The summed E-state index contributed by atoms with van der Waals surface area (Å²) >= 11 is 0. The number of aromatic nitrogens is 1. The van der Waals surface area contributed by atoms with E-state index >= 15 is 0 Å². The number of anilines is 1. The lowest BCUT2D eigenvalue weighted by Gasteiger charge is -2.36. The topological polar surface area (TPSA) is 62.1 Å². The summed E-state index contributed by atoms with van der Waals surface area (Å²) < 4.78 is 11.7. The number of hydrogen-bond donors (Lipinski definition) is 0. The third-order valence-corrected chi connectivity index (χ3v) is 6.18. The highest BCUT2D eigenvalue weighted by atomic mass is 16.5. The van der Waals surface area contributed by atoms with E-state index in [9.17, 15) is 4.79 Å². The normalized spacial score (nSPS) is 17.2. The highest BCUT2D eigenvalue weighted by molar-refractivity contribution is 5.78. The van der Waals surface area contributed by atoms with E-state index in [1.54, 1.807) is 6.20 Å². The van der Waals surface area contributed by atoms with Gasteiger partial charge in [0.15, 0.2) is 11.5 Å². The molecule has 5 rings (SSSR count). The third kappa shape index (κ3) is 4.62. The van der Waals surface area contributed by atoms with Crippen molar-refractivity contribution >= 4 is 11.6 Å². The molecule has 0 spiro atoms. The Labute approximate surface area is 188 Å². The summed E-state index contributed by atoms with van der Waals surface area (Å²) in [6, 6.07) is 18.1. The van der Waals surface area contributed by atoms with Crippen molar-refractivity contribution < 1.29 is 14.1 Å². The molecule has 0 atom stereocenters. The lowest BCUT2D eigenvalue weighted by molar-refractivity contribution is -0.128. The summed E-state index contributed by atoms with van der Waals surface area (Å²) in [7, 11) is 0. The van der Waals surface area contributed by atoms with Crippen molar-refractivity contribution in [3.8, 4) is 11.5 Å². The van der Waals surface area contributed by atoms with E-state index < -0.39 is 0 Å². The lowest BCUT2D eigenvalue weighted by atomic mass is 10.2. The lowest BCUT2D eigenvalue weighted by Crippen LogP contribution is -2.46. The molecule has 0 saturated carbocycles. The van der Waals surface area contributed by atoms with Crippen molar-refractivity contribution in [1.29, 1.82) is 0 Å². The molecule has 32 heavy (non-hydrogen) atoms. The fraction of sp³-hybridized carbons (Fsp3) is 0.360. The minimum Gasteiger partial charge on any atom is -0.455 e. The van der Waals surface area contributed by atoms with Crippen LogP contribution in [0.5, 0.6) is 11.5 Å². The van der Waals surface area contributed by atoms with Crippen molar-refractivity contribution in [3.05, 3.63) is 72.1 Å². The van der Waals surface area contributed by atoms with Gasteiger partial charge in [-0.05, 0) is 30.7 Å². The first-order chi connectivity index (χ1) is 15.8. The molecule has 7 nitrogen and oxygen atoms in total. The van der Waals surface area contributed by atoms with E-state index in [1.165, 1.54) is 0 Å². The van der Waals surface area contributed by atoms with Crippen LogP contribution in [0.2, 0.25) is 0 Å². The van der Waals surface area contributed by atoms with Gasteiger partial charge in [0.1, 0.15) is 5.75 Å². The maximum atomic E-state index is 12.0. The molecule has 0 unspecified atom stereocenters. The van der Waals surface area contributed by atoms with Gasteiger partial charge in [-0.25, -0.2) is 0 Å². The molecule has 2 fully saturated rings. The maximum absolute atomic E-state index is 12.0. The van der Waals surface area contributed by atoms with Gasteiger partial charge >= 0.3 is 0 Å². The second-order valence-corrected chi connectivity index (χ2v) is 8.34. The van der Waals surface area contributed by atoms with E-state index in [-0.39, 0.29) is 5.91 Å². The minimum atomic E-state index is 0.224. The van der Waals surface area contributed by atoms with Crippen molar-refractivity contribution in [3.63, 3.8) is 0 Å². The number of nitrogens with zero attached hydrogens (tertiary/aromatic N) is 4. The molecular formula is C25H28N4O3. The number of carbonyl (C=O) groups excluding carboxylic acids is 1. The SMILES string of the molecule is O=C1CCCN1Cc1cnoc1CN1CCN(c2ccccc2Oc2ccccc2)CC1. The number of rotatable bonds is 7. The van der Waals surface area contributed by atoms with E-state index in [0.717, 1.165) is 67.7 Å². The Bertz CT molecular complexity index is 1040. The molecule has 2 aromatic carbocycles. The van der Waals surface area contributed by atoms with Crippen molar-refractivity contribution in [1.82, 2.24) is 15.0 Å². The number of carbonyl (C=O) groups is 1. The number of likely N-dealkylation sites (tertiary alicyclic amines) is 1. The highest BCUT2D eigenvalue weighted by Gasteiger charge is 2.25. The van der Waals surface area contributed by atoms with Crippen LogP contribution >= 0.6 is 0 Å². The monoisotopic (exact) mass is 432 g/mol. The minimum absolute atomic E-state index is 0.224. The largest absolute Gasteiger partial charge is 0.455 e. The molecule has 2 aliphatic heterocycles. The average Bonchev–Trinajstić information content (AvgIpc) is 3.44. The van der Waals surface area contributed by atoms with Crippen LogP contribution in [0, 0.1) is 0 Å². The first-order valence-electron chi connectivity index (χ1n) is 11.3. The summed E-state index contributed by atoms with van der Waals surface area (Å²) in [6.07, 6.45) is 3.35. The predicted molar refractivity (Wildman–Crippen MR) is 122 cm³/mol. The van der Waals surface area contributed by atoms with Crippen LogP contribution < -0.4 is 9.64 Å². The van der Waals surface area contributed by atoms with Gasteiger partial charge in [-0.3, -0.25) is 9.69 Å².